The minimum absolute atomic E-state index is 0.0110. The van der Waals surface area contributed by atoms with Crippen LogP contribution in [0.15, 0.2) is 17.5 Å². The number of nitrogens with zero attached hydrogens (tertiary/aromatic N) is 3. The van der Waals surface area contributed by atoms with E-state index in [0.29, 0.717) is 28.6 Å². The van der Waals surface area contributed by atoms with Crippen LogP contribution in [0.3, 0.4) is 0 Å². The van der Waals surface area contributed by atoms with Gasteiger partial charge in [0.15, 0.2) is 0 Å². The van der Waals surface area contributed by atoms with Crippen molar-refractivity contribution in [1.82, 2.24) is 19.4 Å². The third-order valence-corrected chi connectivity index (χ3v) is 8.84. The molecule has 0 unspecified atom stereocenters. The summed E-state index contributed by atoms with van der Waals surface area (Å²) in [5.41, 5.74) is 0. The number of hydrogen-bond acceptors (Lipinski definition) is 6. The zero-order valence-electron chi connectivity index (χ0n) is 18.6. The summed E-state index contributed by atoms with van der Waals surface area (Å²) < 4.78 is 28.0. The summed E-state index contributed by atoms with van der Waals surface area (Å²) in [5, 5.41) is 1.06. The summed E-state index contributed by atoms with van der Waals surface area (Å²) in [4.78, 5) is 32.6. The van der Waals surface area contributed by atoms with Crippen molar-refractivity contribution in [2.45, 2.75) is 50.6 Å². The minimum Gasteiger partial charge on any atom is -0.337 e. The van der Waals surface area contributed by atoms with Crippen LogP contribution >= 0.6 is 22.9 Å². The first-order chi connectivity index (χ1) is 15.8. The van der Waals surface area contributed by atoms with Crippen molar-refractivity contribution >= 4 is 50.9 Å². The van der Waals surface area contributed by atoms with Gasteiger partial charge in [0.1, 0.15) is 6.04 Å². The Morgan fingerprint density at radius 3 is 2.61 bits per heavy atom. The molecule has 0 radical (unpaired) electrons. The van der Waals surface area contributed by atoms with Crippen LogP contribution in [-0.4, -0.2) is 86.3 Å². The maximum atomic E-state index is 13.1. The minimum atomic E-state index is -3.81. The largest absolute Gasteiger partial charge is 0.337 e. The zero-order valence-corrected chi connectivity index (χ0v) is 21.0. The molecule has 0 spiro atoms. The van der Waals surface area contributed by atoms with Gasteiger partial charge in [0, 0.05) is 36.0 Å². The lowest BCUT2D eigenvalue weighted by Crippen LogP contribution is -2.55. The molecule has 182 valence electrons. The van der Waals surface area contributed by atoms with Crippen molar-refractivity contribution in [3.63, 3.8) is 0 Å². The fourth-order valence-corrected chi connectivity index (χ4v) is 6.96. The molecule has 11 heteroatoms. The molecule has 0 bridgehead atoms. The smallest absolute Gasteiger partial charge is 0.242 e. The van der Waals surface area contributed by atoms with Gasteiger partial charge in [0.25, 0.3) is 0 Å². The van der Waals surface area contributed by atoms with Crippen LogP contribution in [0.25, 0.3) is 6.08 Å². The lowest BCUT2D eigenvalue weighted by Gasteiger charge is -2.34. The van der Waals surface area contributed by atoms with Gasteiger partial charge in [-0.15, -0.1) is 11.3 Å². The molecular formula is C22H31ClN4O4S2. The molecule has 1 aromatic heterocycles. The Morgan fingerprint density at radius 2 is 1.88 bits per heavy atom. The SMILES string of the molecule is O=C1[C@@H](NS(=O)(=O)C=Cc2ccc(Cl)s2)CCCN1CC(=O)N1CCC[C@H]1CN1CCCC1. The summed E-state index contributed by atoms with van der Waals surface area (Å²) >= 11 is 7.15. The number of carbonyl (C=O) groups excluding carboxylic acids is 2. The molecule has 3 fully saturated rings. The standard InChI is InChI=1S/C22H31ClN4O4S2/c23-20-8-7-18(32-20)9-14-33(30,31)24-19-6-4-12-26(22(19)29)16-21(28)27-13-3-5-17(27)15-25-10-1-2-11-25/h7-9,14,17,19,24H,1-6,10-13,15-16H2/t17-,19-/m0/s1. The van der Waals surface area contributed by atoms with Crippen molar-refractivity contribution in [2.24, 2.45) is 0 Å². The van der Waals surface area contributed by atoms with Crippen LogP contribution in [0.2, 0.25) is 4.34 Å². The molecule has 2 amide bonds. The third-order valence-electron chi connectivity index (χ3n) is 6.53. The van der Waals surface area contributed by atoms with Gasteiger partial charge in [-0.05, 0) is 69.8 Å². The zero-order chi connectivity index (χ0) is 23.4. The van der Waals surface area contributed by atoms with Crippen molar-refractivity contribution in [3.05, 3.63) is 26.8 Å². The van der Waals surface area contributed by atoms with E-state index in [1.165, 1.54) is 35.2 Å². The first-order valence-corrected chi connectivity index (χ1v) is 14.3. The summed E-state index contributed by atoms with van der Waals surface area (Å²) in [5.74, 6) is -0.371. The number of hydrogen-bond donors (Lipinski definition) is 1. The van der Waals surface area contributed by atoms with Gasteiger partial charge in [0.05, 0.1) is 10.9 Å². The summed E-state index contributed by atoms with van der Waals surface area (Å²) in [6.45, 7) is 4.31. The Kier molecular flexibility index (Phi) is 8.11. The van der Waals surface area contributed by atoms with E-state index < -0.39 is 16.1 Å². The highest BCUT2D eigenvalue weighted by Gasteiger charge is 2.36. The van der Waals surface area contributed by atoms with E-state index in [4.69, 9.17) is 11.6 Å². The lowest BCUT2D eigenvalue weighted by atomic mass is 10.1. The van der Waals surface area contributed by atoms with E-state index in [-0.39, 0.29) is 24.4 Å². The molecule has 0 aliphatic carbocycles. The van der Waals surface area contributed by atoms with E-state index in [1.807, 2.05) is 4.90 Å². The molecule has 3 aliphatic heterocycles. The van der Waals surface area contributed by atoms with E-state index in [0.717, 1.165) is 44.4 Å². The molecule has 2 atom stereocenters. The number of likely N-dealkylation sites (tertiary alicyclic amines) is 3. The average Bonchev–Trinajstić information content (AvgIpc) is 3.52. The Morgan fingerprint density at radius 1 is 1.12 bits per heavy atom. The Hall–Kier alpha value is -1.46. The maximum absolute atomic E-state index is 13.1. The highest BCUT2D eigenvalue weighted by Crippen LogP contribution is 2.23. The maximum Gasteiger partial charge on any atom is 0.242 e. The van der Waals surface area contributed by atoms with Gasteiger partial charge in [-0.1, -0.05) is 11.6 Å². The molecule has 3 saturated heterocycles. The number of sulfonamides is 1. The van der Waals surface area contributed by atoms with Crippen LogP contribution < -0.4 is 4.72 Å². The van der Waals surface area contributed by atoms with Crippen LogP contribution in [0, 0.1) is 0 Å². The van der Waals surface area contributed by atoms with E-state index in [1.54, 1.807) is 12.1 Å². The number of carbonyl (C=O) groups is 2. The van der Waals surface area contributed by atoms with E-state index in [9.17, 15) is 18.0 Å². The number of rotatable bonds is 8. The van der Waals surface area contributed by atoms with Gasteiger partial charge >= 0.3 is 0 Å². The van der Waals surface area contributed by atoms with Gasteiger partial charge in [-0.2, -0.15) is 4.72 Å². The fourth-order valence-electron chi connectivity index (χ4n) is 4.89. The highest BCUT2D eigenvalue weighted by molar-refractivity contribution is 7.92. The summed E-state index contributed by atoms with van der Waals surface area (Å²) in [6, 6.07) is 2.78. The second kappa shape index (κ2) is 10.9. The van der Waals surface area contributed by atoms with E-state index >= 15 is 0 Å². The normalized spacial score (nSPS) is 24.9. The number of nitrogens with one attached hydrogen (secondary N) is 1. The Balaban J connectivity index is 1.33. The molecule has 33 heavy (non-hydrogen) atoms. The van der Waals surface area contributed by atoms with Gasteiger partial charge in [0.2, 0.25) is 21.8 Å². The van der Waals surface area contributed by atoms with Gasteiger partial charge in [-0.3, -0.25) is 9.59 Å². The Bertz CT molecular complexity index is 990. The number of piperidine rings is 1. The van der Waals surface area contributed by atoms with Crippen LogP contribution in [-0.2, 0) is 19.6 Å². The first kappa shape index (κ1) is 24.7. The molecule has 1 N–H and O–H groups in total. The topological polar surface area (TPSA) is 90.0 Å². The third kappa shape index (κ3) is 6.57. The fraction of sp³-hybridized carbons (Fsp3) is 0.636. The van der Waals surface area contributed by atoms with Gasteiger partial charge in [-0.25, -0.2) is 8.42 Å². The van der Waals surface area contributed by atoms with Gasteiger partial charge < -0.3 is 14.7 Å². The quantitative estimate of drug-likeness (QED) is 0.575. The van der Waals surface area contributed by atoms with Crippen molar-refractivity contribution in [3.8, 4) is 0 Å². The highest BCUT2D eigenvalue weighted by atomic mass is 35.5. The summed E-state index contributed by atoms with van der Waals surface area (Å²) in [6.07, 6.45) is 6.95. The number of amides is 2. The molecule has 0 aromatic carbocycles. The first-order valence-electron chi connectivity index (χ1n) is 11.6. The lowest BCUT2D eigenvalue weighted by molar-refractivity contribution is -0.143. The predicted molar refractivity (Wildman–Crippen MR) is 130 cm³/mol. The molecular weight excluding hydrogens is 484 g/mol. The second-order valence-corrected chi connectivity index (χ2v) is 12.3. The molecule has 4 rings (SSSR count). The second-order valence-electron chi connectivity index (χ2n) is 8.95. The summed E-state index contributed by atoms with van der Waals surface area (Å²) in [7, 11) is -3.81. The van der Waals surface area contributed by atoms with E-state index in [2.05, 4.69) is 9.62 Å². The average molecular weight is 515 g/mol. The monoisotopic (exact) mass is 514 g/mol. The van der Waals surface area contributed by atoms with Crippen molar-refractivity contribution in [2.75, 3.05) is 39.3 Å². The molecule has 4 heterocycles. The molecule has 8 nitrogen and oxygen atoms in total. The van der Waals surface area contributed by atoms with Crippen LogP contribution in [0.5, 0.6) is 0 Å². The van der Waals surface area contributed by atoms with Crippen LogP contribution in [0.1, 0.15) is 43.4 Å². The van der Waals surface area contributed by atoms with Crippen LogP contribution in [0.4, 0.5) is 0 Å². The van der Waals surface area contributed by atoms with Crippen molar-refractivity contribution in [1.29, 1.82) is 0 Å². The molecule has 0 saturated carbocycles. The predicted octanol–water partition coefficient (Wildman–Crippen LogP) is 2.37. The number of thiophene rings is 1. The molecule has 3 aliphatic rings. The van der Waals surface area contributed by atoms with Crippen molar-refractivity contribution < 1.29 is 18.0 Å². The molecule has 1 aromatic rings. The Labute approximate surface area is 204 Å². The number of halogens is 1.